The van der Waals surface area contributed by atoms with Gasteiger partial charge in [0.05, 0.1) is 7.11 Å². The van der Waals surface area contributed by atoms with E-state index in [9.17, 15) is 0 Å². The minimum atomic E-state index is 0.677. The molecule has 0 unspecified atom stereocenters. The lowest BCUT2D eigenvalue weighted by Crippen LogP contribution is -2.29. The quantitative estimate of drug-likeness (QED) is 0.912. The fourth-order valence-electron chi connectivity index (χ4n) is 2.12. The number of rotatable bonds is 3. The molecular formula is C15H15N3O. The van der Waals surface area contributed by atoms with Crippen LogP contribution in [0.2, 0.25) is 0 Å². The maximum absolute atomic E-state index is 5.26. The summed E-state index contributed by atoms with van der Waals surface area (Å²) in [6.45, 7) is 0.677. The molecule has 1 aliphatic rings. The van der Waals surface area contributed by atoms with E-state index in [1.165, 1.54) is 0 Å². The Morgan fingerprint density at radius 1 is 1.11 bits per heavy atom. The van der Waals surface area contributed by atoms with Crippen LogP contribution in [0.25, 0.3) is 0 Å². The fourth-order valence-corrected chi connectivity index (χ4v) is 2.12. The summed E-state index contributed by atoms with van der Waals surface area (Å²) >= 11 is 0. The van der Waals surface area contributed by atoms with Crippen molar-refractivity contribution in [3.05, 3.63) is 60.2 Å². The first-order chi connectivity index (χ1) is 9.38. The molecule has 4 heteroatoms. The second-order valence-electron chi connectivity index (χ2n) is 4.25. The van der Waals surface area contributed by atoms with Crippen LogP contribution in [0.5, 0.6) is 5.75 Å². The molecule has 1 heterocycles. The Kier molecular flexibility index (Phi) is 3.06. The topological polar surface area (TPSA) is 36.9 Å². The lowest BCUT2D eigenvalue weighted by atomic mass is 10.1. The van der Waals surface area contributed by atoms with E-state index < -0.39 is 0 Å². The van der Waals surface area contributed by atoms with E-state index in [4.69, 9.17) is 4.74 Å². The van der Waals surface area contributed by atoms with Crippen LogP contribution in [0.3, 0.4) is 0 Å². The molecule has 2 aromatic carbocycles. The van der Waals surface area contributed by atoms with Gasteiger partial charge in [-0.1, -0.05) is 30.3 Å². The molecule has 19 heavy (non-hydrogen) atoms. The number of methoxy groups -OCH3 is 1. The Morgan fingerprint density at radius 3 is 2.74 bits per heavy atom. The molecule has 0 bridgehead atoms. The van der Waals surface area contributed by atoms with Gasteiger partial charge < -0.3 is 9.64 Å². The van der Waals surface area contributed by atoms with E-state index in [-0.39, 0.29) is 0 Å². The first kappa shape index (κ1) is 11.6. The average molecular weight is 253 g/mol. The van der Waals surface area contributed by atoms with Gasteiger partial charge in [0.25, 0.3) is 0 Å². The zero-order valence-electron chi connectivity index (χ0n) is 10.7. The van der Waals surface area contributed by atoms with Gasteiger partial charge in [-0.15, -0.1) is 0 Å². The van der Waals surface area contributed by atoms with Crippen LogP contribution in [-0.2, 0) is 0 Å². The number of nitrogens with zero attached hydrogens (tertiary/aromatic N) is 2. The standard InChI is InChI=1S/C15H15N3O/c1-19-14-9-5-6-12(10-14)15-17-16-11-18(15)13-7-3-2-4-8-13/h2-10,16H,11H2,1H3. The van der Waals surface area contributed by atoms with Crippen molar-refractivity contribution < 1.29 is 4.74 Å². The SMILES string of the molecule is COc1cccc(C2=NNCN2c2ccccc2)c1. The van der Waals surface area contributed by atoms with E-state index in [2.05, 4.69) is 27.6 Å². The van der Waals surface area contributed by atoms with E-state index in [0.29, 0.717) is 6.67 Å². The first-order valence-corrected chi connectivity index (χ1v) is 6.16. The Balaban J connectivity index is 1.95. The van der Waals surface area contributed by atoms with Crippen molar-refractivity contribution in [3.63, 3.8) is 0 Å². The predicted octanol–water partition coefficient (Wildman–Crippen LogP) is 2.42. The van der Waals surface area contributed by atoms with Gasteiger partial charge in [0, 0.05) is 11.3 Å². The molecule has 0 spiro atoms. The minimum Gasteiger partial charge on any atom is -0.497 e. The lowest BCUT2D eigenvalue weighted by molar-refractivity contribution is 0.414. The summed E-state index contributed by atoms with van der Waals surface area (Å²) in [6, 6.07) is 18.1. The van der Waals surface area contributed by atoms with Crippen LogP contribution in [-0.4, -0.2) is 19.6 Å². The number of amidine groups is 1. The van der Waals surface area contributed by atoms with Crippen LogP contribution in [0.4, 0.5) is 5.69 Å². The van der Waals surface area contributed by atoms with E-state index >= 15 is 0 Å². The Labute approximate surface area is 112 Å². The number of hydrogen-bond donors (Lipinski definition) is 1. The van der Waals surface area contributed by atoms with Crippen LogP contribution >= 0.6 is 0 Å². The maximum Gasteiger partial charge on any atom is 0.161 e. The van der Waals surface area contributed by atoms with Crippen LogP contribution in [0.15, 0.2) is 59.7 Å². The highest BCUT2D eigenvalue weighted by Crippen LogP contribution is 2.21. The van der Waals surface area contributed by atoms with E-state index in [1.807, 2.05) is 42.5 Å². The van der Waals surface area contributed by atoms with Gasteiger partial charge in [0.1, 0.15) is 12.4 Å². The second-order valence-corrected chi connectivity index (χ2v) is 4.25. The summed E-state index contributed by atoms with van der Waals surface area (Å²) in [4.78, 5) is 2.13. The van der Waals surface area contributed by atoms with Gasteiger partial charge in [-0.05, 0) is 24.3 Å². The number of para-hydroxylation sites is 1. The largest absolute Gasteiger partial charge is 0.497 e. The fraction of sp³-hybridized carbons (Fsp3) is 0.133. The highest BCUT2D eigenvalue weighted by Gasteiger charge is 2.20. The number of benzene rings is 2. The molecule has 0 saturated carbocycles. The van der Waals surface area contributed by atoms with Gasteiger partial charge in [-0.2, -0.15) is 5.10 Å². The summed E-state index contributed by atoms with van der Waals surface area (Å²) in [5.74, 6) is 1.74. The first-order valence-electron chi connectivity index (χ1n) is 6.16. The second kappa shape index (κ2) is 5.02. The molecule has 0 saturated heterocycles. The molecule has 0 aliphatic carbocycles. The highest BCUT2D eigenvalue weighted by molar-refractivity contribution is 6.10. The summed E-state index contributed by atoms with van der Waals surface area (Å²) in [6.07, 6.45) is 0. The minimum absolute atomic E-state index is 0.677. The number of anilines is 1. The highest BCUT2D eigenvalue weighted by atomic mass is 16.5. The molecule has 0 radical (unpaired) electrons. The molecule has 1 aliphatic heterocycles. The van der Waals surface area contributed by atoms with Crippen molar-refractivity contribution in [1.82, 2.24) is 5.43 Å². The Hall–Kier alpha value is -2.49. The maximum atomic E-state index is 5.26. The van der Waals surface area contributed by atoms with Crippen molar-refractivity contribution in [3.8, 4) is 5.75 Å². The molecular weight excluding hydrogens is 238 g/mol. The smallest absolute Gasteiger partial charge is 0.161 e. The van der Waals surface area contributed by atoms with E-state index in [0.717, 1.165) is 22.8 Å². The molecule has 3 rings (SSSR count). The molecule has 1 N–H and O–H groups in total. The van der Waals surface area contributed by atoms with Gasteiger partial charge in [0.15, 0.2) is 5.84 Å². The van der Waals surface area contributed by atoms with Crippen LogP contribution in [0, 0.1) is 0 Å². The number of hydrogen-bond acceptors (Lipinski definition) is 4. The summed E-state index contributed by atoms with van der Waals surface area (Å²) in [5, 5.41) is 4.38. The van der Waals surface area contributed by atoms with Gasteiger partial charge in [0.2, 0.25) is 0 Å². The third-order valence-corrected chi connectivity index (χ3v) is 3.07. The summed E-state index contributed by atoms with van der Waals surface area (Å²) < 4.78 is 5.26. The van der Waals surface area contributed by atoms with Crippen molar-refractivity contribution >= 4 is 11.5 Å². The van der Waals surface area contributed by atoms with Crippen molar-refractivity contribution in [2.75, 3.05) is 18.7 Å². The molecule has 2 aromatic rings. The van der Waals surface area contributed by atoms with Crippen LogP contribution in [0.1, 0.15) is 5.56 Å². The molecule has 0 atom stereocenters. The van der Waals surface area contributed by atoms with Gasteiger partial charge in [-0.25, -0.2) is 0 Å². The zero-order chi connectivity index (χ0) is 13.1. The molecule has 96 valence electrons. The molecule has 0 fully saturated rings. The van der Waals surface area contributed by atoms with Gasteiger partial charge in [-0.3, -0.25) is 5.43 Å². The van der Waals surface area contributed by atoms with Crippen molar-refractivity contribution in [1.29, 1.82) is 0 Å². The summed E-state index contributed by atoms with van der Waals surface area (Å²) in [7, 11) is 1.67. The normalized spacial score (nSPS) is 13.9. The monoisotopic (exact) mass is 253 g/mol. The third-order valence-electron chi connectivity index (χ3n) is 3.07. The van der Waals surface area contributed by atoms with Crippen LogP contribution < -0.4 is 15.1 Å². The third kappa shape index (κ3) is 2.25. The molecule has 0 aromatic heterocycles. The molecule has 0 amide bonds. The Morgan fingerprint density at radius 2 is 1.95 bits per heavy atom. The Bertz CT molecular complexity index is 595. The number of ether oxygens (including phenoxy) is 1. The number of nitrogens with one attached hydrogen (secondary N) is 1. The van der Waals surface area contributed by atoms with Crippen molar-refractivity contribution in [2.24, 2.45) is 5.10 Å². The molecule has 4 nitrogen and oxygen atoms in total. The predicted molar refractivity (Wildman–Crippen MR) is 76.5 cm³/mol. The summed E-state index contributed by atoms with van der Waals surface area (Å²) in [5.41, 5.74) is 5.18. The van der Waals surface area contributed by atoms with E-state index in [1.54, 1.807) is 7.11 Å². The number of hydrazone groups is 1. The van der Waals surface area contributed by atoms with Crippen molar-refractivity contribution in [2.45, 2.75) is 0 Å². The average Bonchev–Trinajstić information content (AvgIpc) is 2.98. The van der Waals surface area contributed by atoms with Gasteiger partial charge >= 0.3 is 0 Å². The lowest BCUT2D eigenvalue weighted by Gasteiger charge is -2.19. The zero-order valence-corrected chi connectivity index (χ0v) is 10.7.